The molecule has 1 aliphatic heterocycles. The summed E-state index contributed by atoms with van der Waals surface area (Å²) >= 11 is 0. The summed E-state index contributed by atoms with van der Waals surface area (Å²) in [6.45, 7) is 8.79. The fourth-order valence-electron chi connectivity index (χ4n) is 4.89. The van der Waals surface area contributed by atoms with Gasteiger partial charge >= 0.3 is 0 Å². The number of benzene rings is 1. The zero-order chi connectivity index (χ0) is 25.7. The van der Waals surface area contributed by atoms with Crippen molar-refractivity contribution < 1.29 is 14.3 Å². The molecule has 1 aliphatic rings. The van der Waals surface area contributed by atoms with Gasteiger partial charge in [-0.05, 0) is 58.7 Å². The third kappa shape index (κ3) is 6.10. The molecule has 2 aromatic heterocycles. The summed E-state index contributed by atoms with van der Waals surface area (Å²) in [7, 11) is 1.60. The highest BCUT2D eigenvalue weighted by Gasteiger charge is 2.18. The summed E-state index contributed by atoms with van der Waals surface area (Å²) in [4.78, 5) is 28.7. The summed E-state index contributed by atoms with van der Waals surface area (Å²) in [6.07, 6.45) is 8.50. The molecule has 0 bridgehead atoms. The minimum Gasteiger partial charge on any atom is -0.497 e. The predicted octanol–water partition coefficient (Wildman–Crippen LogP) is 3.94. The molecule has 1 atom stereocenters. The number of hydrogen-bond donors (Lipinski definition) is 1. The van der Waals surface area contributed by atoms with Crippen LogP contribution in [-0.2, 0) is 11.3 Å². The van der Waals surface area contributed by atoms with Crippen LogP contribution in [-0.4, -0.2) is 58.7 Å². The molecule has 3 heterocycles. The van der Waals surface area contributed by atoms with Gasteiger partial charge in [0, 0.05) is 36.5 Å². The lowest BCUT2D eigenvalue weighted by Crippen LogP contribution is -2.38. The molecule has 1 fully saturated rings. The average molecular weight is 495 g/mol. The molecule has 194 valence electrons. The van der Waals surface area contributed by atoms with Crippen LogP contribution in [0.4, 0.5) is 0 Å². The van der Waals surface area contributed by atoms with Crippen molar-refractivity contribution in [1.29, 1.82) is 0 Å². The second kappa shape index (κ2) is 11.6. The number of likely N-dealkylation sites (tertiary alicyclic amines) is 1. The van der Waals surface area contributed by atoms with E-state index in [1.54, 1.807) is 17.6 Å². The third-order valence-electron chi connectivity index (χ3n) is 6.76. The first-order chi connectivity index (χ1) is 17.4. The van der Waals surface area contributed by atoms with Crippen molar-refractivity contribution in [3.05, 3.63) is 53.1 Å². The first-order valence-corrected chi connectivity index (χ1v) is 12.9. The highest BCUT2D eigenvalue weighted by atomic mass is 16.5. The lowest BCUT2D eigenvalue weighted by molar-refractivity contribution is -0.122. The molecule has 3 aromatic rings. The molecule has 1 saturated heterocycles. The molecule has 1 amide bonds. The Kier molecular flexibility index (Phi) is 8.36. The monoisotopic (exact) mass is 494 g/mol. The first kappa shape index (κ1) is 25.8. The zero-order valence-corrected chi connectivity index (χ0v) is 21.8. The predicted molar refractivity (Wildman–Crippen MR) is 142 cm³/mol. The second-order valence-electron chi connectivity index (χ2n) is 9.91. The van der Waals surface area contributed by atoms with E-state index >= 15 is 0 Å². The number of methoxy groups -OCH3 is 1. The summed E-state index contributed by atoms with van der Waals surface area (Å²) in [5.74, 6) is 1.12. The van der Waals surface area contributed by atoms with Crippen LogP contribution in [0, 0.1) is 0 Å². The van der Waals surface area contributed by atoms with Crippen molar-refractivity contribution in [3.8, 4) is 22.8 Å². The largest absolute Gasteiger partial charge is 0.497 e. The van der Waals surface area contributed by atoms with Crippen LogP contribution in [0.5, 0.6) is 11.5 Å². The summed E-state index contributed by atoms with van der Waals surface area (Å²) in [5.41, 5.74) is 1.65. The van der Waals surface area contributed by atoms with Crippen molar-refractivity contribution in [2.24, 2.45) is 0 Å². The van der Waals surface area contributed by atoms with E-state index in [1.807, 2.05) is 50.5 Å². The molecule has 0 saturated carbocycles. The van der Waals surface area contributed by atoms with Gasteiger partial charge in [-0.15, -0.1) is 0 Å². The number of nitrogens with one attached hydrogen (secondary N) is 1. The van der Waals surface area contributed by atoms with Gasteiger partial charge in [-0.25, -0.2) is 0 Å². The third-order valence-corrected chi connectivity index (χ3v) is 6.76. The van der Waals surface area contributed by atoms with Crippen LogP contribution in [0.2, 0.25) is 0 Å². The van der Waals surface area contributed by atoms with Gasteiger partial charge in [-0.1, -0.05) is 18.6 Å². The Hall–Kier alpha value is -3.26. The van der Waals surface area contributed by atoms with E-state index in [-0.39, 0.29) is 24.1 Å². The van der Waals surface area contributed by atoms with E-state index in [2.05, 4.69) is 17.1 Å². The number of carbonyl (C=O) groups excluding carboxylic acids is 1. The summed E-state index contributed by atoms with van der Waals surface area (Å²) in [6, 6.07) is 9.87. The number of rotatable bonds is 10. The minimum atomic E-state index is -0.244. The SMILES string of the molecule is COc1cccc(-c2cn3cc(OCCCN4CCCCC4C)cc3c(=O)n2CC(=O)NC(C)C)c1. The van der Waals surface area contributed by atoms with Crippen LogP contribution < -0.4 is 20.3 Å². The first-order valence-electron chi connectivity index (χ1n) is 12.9. The Labute approximate surface area is 212 Å². The molecule has 4 rings (SSSR count). The zero-order valence-electron chi connectivity index (χ0n) is 21.8. The smallest absolute Gasteiger partial charge is 0.275 e. The van der Waals surface area contributed by atoms with Gasteiger partial charge in [0.2, 0.25) is 5.91 Å². The van der Waals surface area contributed by atoms with Crippen molar-refractivity contribution in [1.82, 2.24) is 19.2 Å². The maximum atomic E-state index is 13.6. The molecule has 1 N–H and O–H groups in total. The van der Waals surface area contributed by atoms with Crippen LogP contribution >= 0.6 is 0 Å². The van der Waals surface area contributed by atoms with E-state index < -0.39 is 0 Å². The molecule has 8 nitrogen and oxygen atoms in total. The van der Waals surface area contributed by atoms with E-state index in [0.29, 0.717) is 35.4 Å². The Bertz CT molecular complexity index is 1250. The maximum Gasteiger partial charge on any atom is 0.275 e. The van der Waals surface area contributed by atoms with Gasteiger partial charge in [0.25, 0.3) is 5.56 Å². The van der Waals surface area contributed by atoms with Crippen molar-refractivity contribution in [2.45, 2.75) is 65.1 Å². The van der Waals surface area contributed by atoms with E-state index in [1.165, 1.54) is 23.8 Å². The molecule has 1 unspecified atom stereocenters. The normalized spacial score (nSPS) is 16.4. The van der Waals surface area contributed by atoms with E-state index in [9.17, 15) is 9.59 Å². The molecule has 36 heavy (non-hydrogen) atoms. The van der Waals surface area contributed by atoms with Gasteiger partial charge in [0.05, 0.1) is 25.6 Å². The Morgan fingerprint density at radius 1 is 1.17 bits per heavy atom. The number of amides is 1. The van der Waals surface area contributed by atoms with Gasteiger partial charge in [0.1, 0.15) is 23.6 Å². The Balaban J connectivity index is 1.58. The summed E-state index contributed by atoms with van der Waals surface area (Å²) < 4.78 is 14.7. The average Bonchev–Trinajstić information content (AvgIpc) is 3.27. The fraction of sp³-hybridized carbons (Fsp3) is 0.500. The fourth-order valence-corrected chi connectivity index (χ4v) is 4.89. The number of aromatic nitrogens is 2. The van der Waals surface area contributed by atoms with Crippen molar-refractivity contribution >= 4 is 11.4 Å². The Morgan fingerprint density at radius 3 is 2.75 bits per heavy atom. The quantitative estimate of drug-likeness (QED) is 0.432. The number of fused-ring (bicyclic) bond motifs is 1. The highest BCUT2D eigenvalue weighted by molar-refractivity contribution is 5.77. The molecular weight excluding hydrogens is 456 g/mol. The second-order valence-corrected chi connectivity index (χ2v) is 9.91. The molecule has 0 aliphatic carbocycles. The number of carbonyl (C=O) groups is 1. The molecule has 1 aromatic carbocycles. The van der Waals surface area contributed by atoms with Crippen LogP contribution in [0.3, 0.4) is 0 Å². The van der Waals surface area contributed by atoms with Crippen molar-refractivity contribution in [3.63, 3.8) is 0 Å². The van der Waals surface area contributed by atoms with Crippen molar-refractivity contribution in [2.75, 3.05) is 26.8 Å². The van der Waals surface area contributed by atoms with Crippen LogP contribution in [0.15, 0.2) is 47.5 Å². The van der Waals surface area contributed by atoms with Crippen LogP contribution in [0.1, 0.15) is 46.5 Å². The maximum absolute atomic E-state index is 13.6. The molecule has 0 spiro atoms. The van der Waals surface area contributed by atoms with E-state index in [0.717, 1.165) is 25.1 Å². The number of ether oxygens (including phenoxy) is 2. The molecule has 0 radical (unpaired) electrons. The van der Waals surface area contributed by atoms with Gasteiger partial charge in [-0.2, -0.15) is 0 Å². The number of nitrogens with zero attached hydrogens (tertiary/aromatic N) is 3. The van der Waals surface area contributed by atoms with Gasteiger partial charge < -0.3 is 24.1 Å². The van der Waals surface area contributed by atoms with Gasteiger partial charge in [0.15, 0.2) is 0 Å². The Morgan fingerprint density at radius 2 is 2.00 bits per heavy atom. The lowest BCUT2D eigenvalue weighted by atomic mass is 10.0. The standard InChI is InChI=1S/C28H38N4O4/c1-20(2)29-27(33)19-32-26(22-10-7-11-23(15-22)35-4)18-31-17-24(16-25(31)28(32)34)36-14-8-13-30-12-6-5-9-21(30)3/h7,10-11,15-18,20-21H,5-6,8-9,12-14,19H2,1-4H3,(H,29,33). The number of piperidine rings is 1. The van der Waals surface area contributed by atoms with Crippen LogP contribution in [0.25, 0.3) is 16.8 Å². The topological polar surface area (TPSA) is 77.2 Å². The minimum absolute atomic E-state index is 0.0153. The molecule has 8 heteroatoms. The highest BCUT2D eigenvalue weighted by Crippen LogP contribution is 2.25. The lowest BCUT2D eigenvalue weighted by Gasteiger charge is -2.33. The number of hydrogen-bond acceptors (Lipinski definition) is 5. The summed E-state index contributed by atoms with van der Waals surface area (Å²) in [5, 5.41) is 2.88. The molecular formula is C28H38N4O4. The van der Waals surface area contributed by atoms with E-state index in [4.69, 9.17) is 9.47 Å². The van der Waals surface area contributed by atoms with Gasteiger partial charge in [-0.3, -0.25) is 14.2 Å².